The number of fused-ring (bicyclic) bond motifs is 1. The minimum atomic E-state index is -0.324. The number of amides is 1. The van der Waals surface area contributed by atoms with E-state index in [1.54, 1.807) is 12.3 Å². The molecule has 0 aromatic carbocycles. The number of anilines is 1. The van der Waals surface area contributed by atoms with E-state index in [0.29, 0.717) is 33.5 Å². The molecule has 9 heteroatoms. The van der Waals surface area contributed by atoms with Crippen LogP contribution in [-0.4, -0.2) is 41.6 Å². The van der Waals surface area contributed by atoms with Crippen molar-refractivity contribution in [1.82, 2.24) is 15.2 Å². The zero-order valence-electron chi connectivity index (χ0n) is 15.6. The minimum Gasteiger partial charge on any atom is -0.390 e. The van der Waals surface area contributed by atoms with Crippen LogP contribution in [0.4, 0.5) is 5.00 Å². The van der Waals surface area contributed by atoms with Crippen LogP contribution < -0.4 is 16.8 Å². The molecule has 1 fully saturated rings. The van der Waals surface area contributed by atoms with Crippen LogP contribution in [0.25, 0.3) is 10.2 Å². The fourth-order valence-electron chi connectivity index (χ4n) is 3.31. The van der Waals surface area contributed by atoms with Crippen molar-refractivity contribution in [3.63, 3.8) is 0 Å². The lowest BCUT2D eigenvalue weighted by Gasteiger charge is -2.34. The van der Waals surface area contributed by atoms with Gasteiger partial charge in [-0.25, -0.2) is 4.98 Å². The number of allylic oxidation sites excluding steroid dienone is 2. The second-order valence-corrected chi connectivity index (χ2v) is 8.10. The van der Waals surface area contributed by atoms with Crippen LogP contribution in [-0.2, 0) is 0 Å². The molecule has 3 heterocycles. The van der Waals surface area contributed by atoms with Gasteiger partial charge in [0, 0.05) is 31.0 Å². The number of nitrogens with two attached hydrogens (primary N) is 2. The van der Waals surface area contributed by atoms with Crippen LogP contribution in [0, 0.1) is 0 Å². The predicted octanol–water partition coefficient (Wildman–Crippen LogP) is 3.13. The fraction of sp³-hybridized carbons (Fsp3) is 0.316. The zero-order valence-corrected chi connectivity index (χ0v) is 17.2. The maximum absolute atomic E-state index is 13.0. The molecule has 3 rings (SSSR count). The van der Waals surface area contributed by atoms with Crippen LogP contribution in [0.3, 0.4) is 0 Å². The van der Waals surface area contributed by atoms with Gasteiger partial charge in [-0.05, 0) is 44.7 Å². The minimum absolute atomic E-state index is 0.0974. The van der Waals surface area contributed by atoms with Gasteiger partial charge in [-0.1, -0.05) is 11.6 Å². The lowest BCUT2D eigenvalue weighted by atomic mass is 10.1. The molecule has 0 spiro atoms. The number of nitrogen functional groups attached to an aromatic ring is 1. The first-order valence-electron chi connectivity index (χ1n) is 8.90. The Morgan fingerprint density at radius 3 is 3.04 bits per heavy atom. The molecule has 1 aliphatic rings. The summed E-state index contributed by atoms with van der Waals surface area (Å²) in [4.78, 5) is 23.2. The smallest absolute Gasteiger partial charge is 0.260 e. The van der Waals surface area contributed by atoms with Crippen molar-refractivity contribution in [1.29, 1.82) is 0 Å². The Labute approximate surface area is 172 Å². The number of thiophene rings is 1. The number of piperidine rings is 1. The molecule has 0 saturated carbocycles. The van der Waals surface area contributed by atoms with E-state index in [1.807, 2.05) is 19.1 Å². The molecule has 0 unspecified atom stereocenters. The molecule has 148 valence electrons. The predicted molar refractivity (Wildman–Crippen MR) is 117 cm³/mol. The van der Waals surface area contributed by atoms with Crippen molar-refractivity contribution in [3.05, 3.63) is 46.5 Å². The highest BCUT2D eigenvalue weighted by Crippen LogP contribution is 2.33. The summed E-state index contributed by atoms with van der Waals surface area (Å²) >= 11 is 7.31. The van der Waals surface area contributed by atoms with Crippen LogP contribution in [0.15, 0.2) is 40.8 Å². The molecule has 1 amide bonds. The van der Waals surface area contributed by atoms with Gasteiger partial charge in [0.25, 0.3) is 5.91 Å². The number of hydrogen-bond acceptors (Lipinski definition) is 7. The summed E-state index contributed by atoms with van der Waals surface area (Å²) in [6.07, 6.45) is 5.40. The van der Waals surface area contributed by atoms with Gasteiger partial charge in [0.15, 0.2) is 0 Å². The molecule has 7 nitrogen and oxygen atoms in total. The summed E-state index contributed by atoms with van der Waals surface area (Å²) in [5, 5.41) is 3.66. The number of pyridine rings is 1. The van der Waals surface area contributed by atoms with E-state index in [2.05, 4.69) is 26.9 Å². The lowest BCUT2D eigenvalue weighted by Crippen LogP contribution is -2.43. The number of likely N-dealkylation sites (tertiary alicyclic amines) is 1. The average Bonchev–Trinajstić information content (AvgIpc) is 2.97. The molecular formula is C19H23ClN6OS. The Bertz CT molecular complexity index is 967. The third-order valence-electron chi connectivity index (χ3n) is 4.58. The van der Waals surface area contributed by atoms with E-state index in [9.17, 15) is 4.79 Å². The van der Waals surface area contributed by atoms with Crippen molar-refractivity contribution in [3.8, 4) is 0 Å². The Balaban J connectivity index is 1.94. The number of halogens is 1. The second-order valence-electron chi connectivity index (χ2n) is 6.63. The Morgan fingerprint density at radius 2 is 2.32 bits per heavy atom. The number of carbonyl (C=O) groups is 1. The lowest BCUT2D eigenvalue weighted by molar-refractivity contribution is 0.0967. The van der Waals surface area contributed by atoms with Gasteiger partial charge in [-0.3, -0.25) is 9.79 Å². The summed E-state index contributed by atoms with van der Waals surface area (Å²) in [5.41, 5.74) is 14.6. The normalized spacial score (nSPS) is 18.4. The SMILES string of the molecule is C=N/C=C\C(=C(/C)NC(=O)c1c(N)sc2ccc(Cl)nc12)N1CCC[C@H](N)C1. The topological polar surface area (TPSA) is 110 Å². The van der Waals surface area contributed by atoms with Crippen molar-refractivity contribution in [2.75, 3.05) is 18.8 Å². The number of carbonyl (C=O) groups excluding carboxylic acids is 1. The van der Waals surface area contributed by atoms with E-state index in [-0.39, 0.29) is 11.9 Å². The van der Waals surface area contributed by atoms with E-state index in [0.717, 1.165) is 29.8 Å². The first kappa shape index (κ1) is 20.3. The van der Waals surface area contributed by atoms with Crippen molar-refractivity contribution >= 4 is 50.8 Å². The van der Waals surface area contributed by atoms with Crippen molar-refractivity contribution < 1.29 is 4.79 Å². The van der Waals surface area contributed by atoms with Gasteiger partial charge in [0.2, 0.25) is 0 Å². The highest BCUT2D eigenvalue weighted by atomic mass is 35.5. The van der Waals surface area contributed by atoms with Gasteiger partial charge >= 0.3 is 0 Å². The monoisotopic (exact) mass is 418 g/mol. The molecule has 1 aliphatic heterocycles. The highest BCUT2D eigenvalue weighted by Gasteiger charge is 2.22. The Kier molecular flexibility index (Phi) is 6.33. The van der Waals surface area contributed by atoms with E-state index in [1.165, 1.54) is 11.3 Å². The van der Waals surface area contributed by atoms with Crippen LogP contribution >= 0.6 is 22.9 Å². The molecular weight excluding hydrogens is 396 g/mol. The first-order chi connectivity index (χ1) is 13.4. The third kappa shape index (κ3) is 4.35. The number of rotatable bonds is 5. The molecule has 5 N–H and O–H groups in total. The standard InChI is InChI=1S/C19H23ClN6OS/c1-11(13(7-8-23-2)26-9-3-4-12(21)10-26)24-19(27)16-17-14(28-18(16)22)5-6-15(20)25-17/h5-8,12H,2-4,9-10,21-22H2,1H3,(H,24,27)/b8-7-,13-11-/t12-/m0/s1. The largest absolute Gasteiger partial charge is 0.390 e. The number of aromatic nitrogens is 1. The van der Waals surface area contributed by atoms with Gasteiger partial charge in [0.05, 0.1) is 15.9 Å². The maximum Gasteiger partial charge on any atom is 0.260 e. The van der Waals surface area contributed by atoms with E-state index < -0.39 is 0 Å². The van der Waals surface area contributed by atoms with E-state index >= 15 is 0 Å². The Morgan fingerprint density at radius 1 is 1.54 bits per heavy atom. The number of aliphatic imine (C=N–C) groups is 1. The quantitative estimate of drug-likeness (QED) is 0.392. The third-order valence-corrected chi connectivity index (χ3v) is 5.76. The molecule has 2 aromatic heterocycles. The zero-order chi connectivity index (χ0) is 20.3. The maximum atomic E-state index is 13.0. The Hall–Kier alpha value is -2.42. The molecule has 28 heavy (non-hydrogen) atoms. The van der Waals surface area contributed by atoms with Crippen molar-refractivity contribution in [2.24, 2.45) is 10.7 Å². The molecule has 0 aliphatic carbocycles. The van der Waals surface area contributed by atoms with Gasteiger partial charge in [-0.15, -0.1) is 11.3 Å². The number of nitrogens with zero attached hydrogens (tertiary/aromatic N) is 3. The summed E-state index contributed by atoms with van der Waals surface area (Å²) in [6.45, 7) is 6.89. The van der Waals surface area contributed by atoms with Crippen LogP contribution in [0.5, 0.6) is 0 Å². The molecule has 0 bridgehead atoms. The van der Waals surface area contributed by atoms with Gasteiger partial charge in [0.1, 0.15) is 15.7 Å². The van der Waals surface area contributed by atoms with E-state index in [4.69, 9.17) is 23.1 Å². The number of hydrogen-bond donors (Lipinski definition) is 3. The summed E-state index contributed by atoms with van der Waals surface area (Å²) in [7, 11) is 0. The van der Waals surface area contributed by atoms with Gasteiger partial charge in [-0.2, -0.15) is 0 Å². The fourth-order valence-corrected chi connectivity index (χ4v) is 4.36. The molecule has 2 aromatic rings. The van der Waals surface area contributed by atoms with Crippen LogP contribution in [0.1, 0.15) is 30.1 Å². The summed E-state index contributed by atoms with van der Waals surface area (Å²) in [6, 6.07) is 3.59. The highest BCUT2D eigenvalue weighted by molar-refractivity contribution is 7.23. The average molecular weight is 419 g/mol. The second kappa shape index (κ2) is 8.72. The summed E-state index contributed by atoms with van der Waals surface area (Å²) < 4.78 is 0.812. The first-order valence-corrected chi connectivity index (χ1v) is 10.1. The summed E-state index contributed by atoms with van der Waals surface area (Å²) in [5.74, 6) is -0.324. The van der Waals surface area contributed by atoms with Gasteiger partial charge < -0.3 is 21.7 Å². The molecule has 1 atom stereocenters. The number of nitrogens with one attached hydrogen (secondary N) is 1. The molecule has 1 saturated heterocycles. The molecule has 0 radical (unpaired) electrons. The van der Waals surface area contributed by atoms with Crippen LogP contribution in [0.2, 0.25) is 5.15 Å². The van der Waals surface area contributed by atoms with Crippen molar-refractivity contribution in [2.45, 2.75) is 25.8 Å².